The lowest BCUT2D eigenvalue weighted by molar-refractivity contribution is -0.141. The number of benzene rings is 1. The Bertz CT molecular complexity index is 762. The van der Waals surface area contributed by atoms with Gasteiger partial charge < -0.3 is 9.84 Å². The van der Waals surface area contributed by atoms with Gasteiger partial charge in [0, 0.05) is 5.92 Å². The summed E-state index contributed by atoms with van der Waals surface area (Å²) in [6, 6.07) is 9.78. The first-order valence-electron chi connectivity index (χ1n) is 7.32. The highest BCUT2D eigenvalue weighted by molar-refractivity contribution is 5.84. The zero-order valence-electron chi connectivity index (χ0n) is 12.4. The van der Waals surface area contributed by atoms with E-state index in [0.29, 0.717) is 11.6 Å². The number of aliphatic carboxylic acids is 1. The summed E-state index contributed by atoms with van der Waals surface area (Å²) in [5, 5.41) is 9.38. The second-order valence-corrected chi connectivity index (χ2v) is 6.05. The number of aromatic nitrogens is 2. The normalized spacial score (nSPS) is 31.3. The molecule has 112 valence electrons. The van der Waals surface area contributed by atoms with Gasteiger partial charge in [0.2, 0.25) is 0 Å². The third-order valence-corrected chi connectivity index (χ3v) is 4.85. The van der Waals surface area contributed by atoms with Gasteiger partial charge in [0.25, 0.3) is 0 Å². The first kappa shape index (κ1) is 13.2. The predicted octanol–water partition coefficient (Wildman–Crippen LogP) is 2.12. The molecule has 1 aromatic carbocycles. The highest BCUT2D eigenvalue weighted by atomic mass is 16.5. The fraction of sp³-hybridized carbons (Fsp3) is 0.353. The second-order valence-electron chi connectivity index (χ2n) is 6.05. The van der Waals surface area contributed by atoms with Crippen LogP contribution in [0.25, 0.3) is 0 Å². The van der Waals surface area contributed by atoms with Crippen LogP contribution in [0.2, 0.25) is 0 Å². The van der Waals surface area contributed by atoms with E-state index in [4.69, 9.17) is 4.74 Å². The maximum Gasteiger partial charge on any atom is 0.308 e. The first-order valence-corrected chi connectivity index (χ1v) is 7.32. The minimum Gasteiger partial charge on any atom is -0.486 e. The maximum absolute atomic E-state index is 11.4. The number of rotatable bonds is 4. The minimum atomic E-state index is -0.745. The smallest absolute Gasteiger partial charge is 0.308 e. The lowest BCUT2D eigenvalue weighted by Gasteiger charge is -2.19. The number of hydrogen-bond donors (Lipinski definition) is 1. The van der Waals surface area contributed by atoms with Crippen molar-refractivity contribution in [3.63, 3.8) is 0 Å². The second kappa shape index (κ2) is 4.29. The quantitative estimate of drug-likeness (QED) is 0.935. The Labute approximate surface area is 128 Å². The van der Waals surface area contributed by atoms with Crippen molar-refractivity contribution in [1.82, 2.24) is 9.97 Å². The van der Waals surface area contributed by atoms with Crippen LogP contribution in [0.1, 0.15) is 17.1 Å². The van der Waals surface area contributed by atoms with E-state index in [1.807, 2.05) is 44.2 Å². The van der Waals surface area contributed by atoms with Crippen LogP contribution in [0, 0.1) is 25.7 Å². The predicted molar refractivity (Wildman–Crippen MR) is 78.7 cm³/mol. The molecule has 2 saturated carbocycles. The van der Waals surface area contributed by atoms with Crippen molar-refractivity contribution in [3.05, 3.63) is 53.6 Å². The zero-order valence-corrected chi connectivity index (χ0v) is 12.4. The number of nitrogens with zero attached hydrogens (tertiary/aromatic N) is 2. The van der Waals surface area contributed by atoms with Crippen LogP contribution in [0.5, 0.6) is 5.75 Å². The van der Waals surface area contributed by atoms with Crippen LogP contribution in [-0.2, 0) is 10.2 Å². The molecule has 2 fully saturated rings. The average Bonchev–Trinajstić information content (AvgIpc) is 3.34. The van der Waals surface area contributed by atoms with Crippen LogP contribution in [0.3, 0.4) is 0 Å². The van der Waals surface area contributed by atoms with Crippen LogP contribution >= 0.6 is 0 Å². The van der Waals surface area contributed by atoms with Gasteiger partial charge in [0.15, 0.2) is 5.75 Å². The number of aryl methyl sites for hydroxylation is 2. The van der Waals surface area contributed by atoms with Gasteiger partial charge in [-0.25, -0.2) is 9.97 Å². The Balaban J connectivity index is 1.62. The Morgan fingerprint density at radius 3 is 2.64 bits per heavy atom. The SMILES string of the molecule is Cc1ncc(OC2C3[C@@H](C(=O)O)[C@@]23c2ccccc2)c(C)n1. The van der Waals surface area contributed by atoms with E-state index >= 15 is 0 Å². The van der Waals surface area contributed by atoms with E-state index < -0.39 is 5.97 Å². The third kappa shape index (κ3) is 1.62. The molecular formula is C17H16N2O3. The largest absolute Gasteiger partial charge is 0.486 e. The molecule has 2 aliphatic carbocycles. The van der Waals surface area contributed by atoms with Crippen LogP contribution in [0.4, 0.5) is 0 Å². The van der Waals surface area contributed by atoms with E-state index in [1.165, 1.54) is 0 Å². The summed E-state index contributed by atoms with van der Waals surface area (Å²) >= 11 is 0. The highest BCUT2D eigenvalue weighted by Crippen LogP contribution is 2.80. The molecule has 0 aliphatic heterocycles. The summed E-state index contributed by atoms with van der Waals surface area (Å²) in [7, 11) is 0. The molecule has 1 heterocycles. The number of carboxylic acids is 1. The molecule has 0 saturated heterocycles. The molecule has 0 bridgehead atoms. The Hall–Kier alpha value is -2.43. The van der Waals surface area contributed by atoms with Crippen molar-refractivity contribution in [3.8, 4) is 5.75 Å². The van der Waals surface area contributed by atoms with Gasteiger partial charge in [-0.15, -0.1) is 0 Å². The zero-order chi connectivity index (χ0) is 15.5. The molecule has 1 aromatic heterocycles. The van der Waals surface area contributed by atoms with E-state index in [9.17, 15) is 9.90 Å². The lowest BCUT2D eigenvalue weighted by atomic mass is 9.95. The summed E-state index contributed by atoms with van der Waals surface area (Å²) < 4.78 is 6.02. The summed E-state index contributed by atoms with van der Waals surface area (Å²) in [5.74, 6) is 0.305. The van der Waals surface area contributed by atoms with Crippen molar-refractivity contribution < 1.29 is 14.6 Å². The van der Waals surface area contributed by atoms with Gasteiger partial charge in [-0.05, 0) is 19.4 Å². The summed E-state index contributed by atoms with van der Waals surface area (Å²) in [6.45, 7) is 3.71. The van der Waals surface area contributed by atoms with Crippen molar-refractivity contribution in [2.24, 2.45) is 11.8 Å². The van der Waals surface area contributed by atoms with Crippen LogP contribution < -0.4 is 4.74 Å². The van der Waals surface area contributed by atoms with E-state index in [2.05, 4.69) is 9.97 Å². The number of hydrogen-bond acceptors (Lipinski definition) is 4. The Morgan fingerprint density at radius 1 is 1.27 bits per heavy atom. The van der Waals surface area contributed by atoms with Gasteiger partial charge in [0.1, 0.15) is 11.9 Å². The molecule has 0 radical (unpaired) electrons. The van der Waals surface area contributed by atoms with Crippen LogP contribution in [-0.4, -0.2) is 27.1 Å². The minimum absolute atomic E-state index is 0.0492. The standard InChI is InChI=1S/C17H16N2O3/c1-9-12(8-18-10(2)19-9)22-15-13-14(16(20)21)17(13,15)11-6-4-3-5-7-11/h3-8,13-15H,1-2H3,(H,20,21)/t13?,14-,15?,17-/m0/s1. The number of carbonyl (C=O) groups is 1. The number of ether oxygens (including phenoxy) is 1. The summed E-state index contributed by atoms with van der Waals surface area (Å²) in [4.78, 5) is 19.9. The molecule has 5 nitrogen and oxygen atoms in total. The highest BCUT2D eigenvalue weighted by Gasteiger charge is 2.92. The van der Waals surface area contributed by atoms with Crippen molar-refractivity contribution in [2.45, 2.75) is 25.4 Å². The third-order valence-electron chi connectivity index (χ3n) is 4.85. The van der Waals surface area contributed by atoms with Gasteiger partial charge in [-0.1, -0.05) is 30.3 Å². The Kier molecular flexibility index (Phi) is 2.58. The van der Waals surface area contributed by atoms with E-state index in [1.54, 1.807) is 6.20 Å². The molecule has 2 aliphatic rings. The maximum atomic E-state index is 11.4. The molecule has 2 unspecified atom stereocenters. The fourth-order valence-corrected chi connectivity index (χ4v) is 3.69. The van der Waals surface area contributed by atoms with Gasteiger partial charge in [0.05, 0.1) is 23.2 Å². The van der Waals surface area contributed by atoms with Crippen molar-refractivity contribution in [2.75, 3.05) is 0 Å². The van der Waals surface area contributed by atoms with Gasteiger partial charge >= 0.3 is 5.97 Å². The average molecular weight is 296 g/mol. The number of carboxylic acid groups (broad SMARTS) is 1. The molecule has 2 aromatic rings. The first-order chi connectivity index (χ1) is 10.6. The van der Waals surface area contributed by atoms with Crippen LogP contribution in [0.15, 0.2) is 36.5 Å². The molecule has 5 heteroatoms. The molecular weight excluding hydrogens is 280 g/mol. The van der Waals surface area contributed by atoms with Gasteiger partial charge in [-0.2, -0.15) is 0 Å². The van der Waals surface area contributed by atoms with Gasteiger partial charge in [-0.3, -0.25) is 4.79 Å². The number of fused-ring (bicyclic) bond motifs is 1. The molecule has 1 N–H and O–H groups in total. The molecule has 4 atom stereocenters. The molecule has 0 amide bonds. The molecule has 4 rings (SSSR count). The molecule has 22 heavy (non-hydrogen) atoms. The monoisotopic (exact) mass is 296 g/mol. The van der Waals surface area contributed by atoms with Crippen molar-refractivity contribution in [1.29, 1.82) is 0 Å². The topological polar surface area (TPSA) is 72.3 Å². The summed E-state index contributed by atoms with van der Waals surface area (Å²) in [5.41, 5.74) is 1.46. The van der Waals surface area contributed by atoms with E-state index in [0.717, 1.165) is 11.3 Å². The Morgan fingerprint density at radius 2 is 2.00 bits per heavy atom. The lowest BCUT2D eigenvalue weighted by Crippen LogP contribution is -2.28. The van der Waals surface area contributed by atoms with Crippen molar-refractivity contribution >= 4 is 5.97 Å². The summed E-state index contributed by atoms with van der Waals surface area (Å²) in [6.07, 6.45) is 1.57. The molecule has 0 spiro atoms. The van der Waals surface area contributed by atoms with E-state index in [-0.39, 0.29) is 23.4 Å². The fourth-order valence-electron chi connectivity index (χ4n) is 3.69.